The number of carbonyl (C=O) groups is 3. The Balaban J connectivity index is 1.35. The SMILES string of the molecule is CC[C@]1(O)C[C@H]2CN(CCc3c([nH]c4ccc(SCCCO)cc34)[C@@](C(=O)OC)(c3cc4c(cc3OC)N(C)C3[C@]45CCN4CC=C[C@@](CC)([C@@H](OC(C)=O)[C@]3(O)C(=O)OC)[C@H]45)C2)C1. The molecule has 4 N–H and O–H groups in total. The number of piperidine rings is 1. The van der Waals surface area contributed by atoms with Gasteiger partial charge in [0.05, 0.1) is 33.0 Å². The van der Waals surface area contributed by atoms with Gasteiger partial charge in [0, 0.05) is 108 Å². The Morgan fingerprint density at radius 3 is 2.44 bits per heavy atom. The maximum absolute atomic E-state index is 15.5. The van der Waals surface area contributed by atoms with Gasteiger partial charge in [-0.15, -0.1) is 11.8 Å². The van der Waals surface area contributed by atoms with Gasteiger partial charge in [-0.25, -0.2) is 4.79 Å². The van der Waals surface area contributed by atoms with Gasteiger partial charge in [0.1, 0.15) is 11.2 Å². The number of rotatable bonds is 11. The molecule has 15 heteroatoms. The van der Waals surface area contributed by atoms with E-state index in [-0.39, 0.29) is 18.6 Å². The van der Waals surface area contributed by atoms with E-state index in [9.17, 15) is 24.9 Å². The number of nitrogens with one attached hydrogen (secondary N) is 1. The van der Waals surface area contributed by atoms with Crippen LogP contribution < -0.4 is 9.64 Å². The molecule has 1 aliphatic carbocycles. The topological polar surface area (TPSA) is 174 Å². The molecule has 6 aliphatic rings. The molecule has 3 aromatic rings. The molecule has 2 aromatic carbocycles. The van der Waals surface area contributed by atoms with Crippen LogP contribution in [0.4, 0.5) is 5.69 Å². The predicted octanol–water partition coefficient (Wildman–Crippen LogP) is 4.47. The third kappa shape index (κ3) is 6.27. The number of carbonyl (C=O) groups excluding carboxylic acids is 3. The number of nitrogens with zero attached hydrogens (tertiary/aromatic N) is 3. The highest BCUT2D eigenvalue weighted by atomic mass is 32.2. The largest absolute Gasteiger partial charge is 0.496 e. The fourth-order valence-electron chi connectivity index (χ4n) is 13.9. The lowest BCUT2D eigenvalue weighted by Gasteiger charge is -2.63. The summed E-state index contributed by atoms with van der Waals surface area (Å²) in [4.78, 5) is 54.6. The van der Waals surface area contributed by atoms with E-state index in [4.69, 9.17) is 18.9 Å². The number of thioether (sulfide) groups is 1. The second-order valence-corrected chi connectivity index (χ2v) is 20.5. The molecule has 1 saturated carbocycles. The van der Waals surface area contributed by atoms with Crippen LogP contribution >= 0.6 is 11.8 Å². The standard InChI is InChI=1S/C49H64N4O10S/c1-8-45(58)25-30-26-48(43(56)61-6,39-32(14-18-52(27-30)28-45)33-22-31(64-21-11-20-54)12-13-36(33)50-39)35-23-34-37(24-38(35)60-5)51(4)41-47(34)16-19-53-17-10-15-46(9-2,40(47)53)42(63-29(3)55)49(41,59)44(57)62-7/h10,12-13,15,22-24,30,40-42,50,54,58-59H,8-9,11,14,16-21,25-28H2,1-7H3/t30-,40+,41?,42-,45+,46-,47-,48+,49+/m1/s1. The van der Waals surface area contributed by atoms with E-state index in [0.29, 0.717) is 89.0 Å². The van der Waals surface area contributed by atoms with E-state index in [1.807, 2.05) is 37.9 Å². The number of hydrogen-bond donors (Lipinski definition) is 4. The minimum Gasteiger partial charge on any atom is -0.496 e. The number of anilines is 1. The van der Waals surface area contributed by atoms with E-state index >= 15 is 4.79 Å². The molecule has 2 saturated heterocycles. The van der Waals surface area contributed by atoms with E-state index in [2.05, 4.69) is 45.1 Å². The summed E-state index contributed by atoms with van der Waals surface area (Å²) in [5, 5.41) is 36.0. The Morgan fingerprint density at radius 1 is 0.969 bits per heavy atom. The Labute approximate surface area is 379 Å². The molecule has 0 amide bonds. The highest BCUT2D eigenvalue weighted by molar-refractivity contribution is 7.99. The summed E-state index contributed by atoms with van der Waals surface area (Å²) in [6, 6.07) is 9.09. The van der Waals surface area contributed by atoms with Gasteiger partial charge >= 0.3 is 17.9 Å². The van der Waals surface area contributed by atoms with Crippen LogP contribution in [-0.4, -0.2) is 151 Å². The summed E-state index contributed by atoms with van der Waals surface area (Å²) in [5.74, 6) is -0.894. The number of esters is 3. The molecule has 2 bridgehead atoms. The molecule has 10 atom stereocenters. The molecule has 1 spiro atoms. The van der Waals surface area contributed by atoms with Crippen molar-refractivity contribution in [2.45, 2.75) is 111 Å². The monoisotopic (exact) mass is 900 g/mol. The van der Waals surface area contributed by atoms with Crippen LogP contribution in [0, 0.1) is 11.3 Å². The van der Waals surface area contributed by atoms with Gasteiger partial charge in [-0.05, 0) is 92.8 Å². The van der Waals surface area contributed by atoms with Crippen molar-refractivity contribution in [2.75, 3.05) is 78.4 Å². The molecule has 2 unspecified atom stereocenters. The summed E-state index contributed by atoms with van der Waals surface area (Å²) in [5.41, 5.74) is -1.91. The molecule has 9 rings (SSSR count). The van der Waals surface area contributed by atoms with Crippen molar-refractivity contribution in [2.24, 2.45) is 11.3 Å². The third-order valence-electron chi connectivity index (χ3n) is 16.2. The fourth-order valence-corrected chi connectivity index (χ4v) is 14.8. The van der Waals surface area contributed by atoms with E-state index in [0.717, 1.165) is 44.1 Å². The van der Waals surface area contributed by atoms with Crippen LogP contribution in [0.5, 0.6) is 5.75 Å². The zero-order valence-corrected chi connectivity index (χ0v) is 39.0. The number of H-pyrrole nitrogens is 1. The molecular weight excluding hydrogens is 837 g/mol. The number of benzene rings is 2. The average molecular weight is 901 g/mol. The number of likely N-dealkylation sites (N-methyl/N-ethyl adjacent to an activating group) is 1. The maximum Gasteiger partial charge on any atom is 0.344 e. The van der Waals surface area contributed by atoms with E-state index in [1.165, 1.54) is 21.1 Å². The fraction of sp³-hybridized carbons (Fsp3) is 0.612. The summed E-state index contributed by atoms with van der Waals surface area (Å²) >= 11 is 1.68. The number of fused-ring (bicyclic) bond motifs is 6. The van der Waals surface area contributed by atoms with Crippen LogP contribution in [0.3, 0.4) is 0 Å². The third-order valence-corrected chi connectivity index (χ3v) is 17.3. The summed E-state index contributed by atoms with van der Waals surface area (Å²) < 4.78 is 24.1. The molecular formula is C49H64N4O10S. The first kappa shape index (κ1) is 45.1. The van der Waals surface area contributed by atoms with Crippen molar-refractivity contribution in [3.63, 3.8) is 0 Å². The molecule has 1 aromatic heterocycles. The van der Waals surface area contributed by atoms with Crippen LogP contribution in [0.15, 0.2) is 47.4 Å². The summed E-state index contributed by atoms with van der Waals surface area (Å²) in [7, 11) is 6.14. The van der Waals surface area contributed by atoms with Crippen LogP contribution in [0.1, 0.15) is 81.7 Å². The van der Waals surface area contributed by atoms with Crippen molar-refractivity contribution < 1.29 is 48.7 Å². The number of aliphatic hydroxyl groups is 3. The van der Waals surface area contributed by atoms with Crippen LogP contribution in [-0.2, 0) is 45.8 Å². The number of methoxy groups -OCH3 is 3. The van der Waals surface area contributed by atoms with Crippen molar-refractivity contribution in [1.82, 2.24) is 14.8 Å². The molecule has 14 nitrogen and oxygen atoms in total. The predicted molar refractivity (Wildman–Crippen MR) is 243 cm³/mol. The first-order chi connectivity index (χ1) is 30.7. The quantitative estimate of drug-likeness (QED) is 0.0699. The van der Waals surface area contributed by atoms with Gasteiger partial charge in [-0.2, -0.15) is 0 Å². The summed E-state index contributed by atoms with van der Waals surface area (Å²) in [6.45, 7) is 8.61. The molecule has 5 aliphatic heterocycles. The minimum atomic E-state index is -2.32. The van der Waals surface area contributed by atoms with Gasteiger partial charge in [-0.1, -0.05) is 26.0 Å². The zero-order chi connectivity index (χ0) is 45.6. The number of hydrogen-bond acceptors (Lipinski definition) is 14. The lowest BCUT2D eigenvalue weighted by atomic mass is 9.47. The van der Waals surface area contributed by atoms with Gasteiger partial charge in [0.15, 0.2) is 6.10 Å². The van der Waals surface area contributed by atoms with E-state index < -0.39 is 57.5 Å². The normalized spacial score (nSPS) is 35.0. The average Bonchev–Trinajstić information content (AvgIpc) is 3.95. The van der Waals surface area contributed by atoms with Crippen molar-refractivity contribution >= 4 is 46.3 Å². The molecule has 3 fully saturated rings. The Kier molecular flexibility index (Phi) is 11.5. The highest BCUT2D eigenvalue weighted by Crippen LogP contribution is 2.68. The van der Waals surface area contributed by atoms with Crippen LogP contribution in [0.25, 0.3) is 10.9 Å². The van der Waals surface area contributed by atoms with Gasteiger partial charge in [-0.3, -0.25) is 19.4 Å². The Bertz CT molecular complexity index is 2390. The first-order valence-corrected chi connectivity index (χ1v) is 23.9. The smallest absolute Gasteiger partial charge is 0.344 e. The van der Waals surface area contributed by atoms with Gasteiger partial charge < -0.3 is 44.2 Å². The molecule has 0 radical (unpaired) electrons. The maximum atomic E-state index is 15.5. The molecule has 346 valence electrons. The Hall–Kier alpha value is -4.12. The van der Waals surface area contributed by atoms with Gasteiger partial charge in [0.2, 0.25) is 5.60 Å². The zero-order valence-electron chi connectivity index (χ0n) is 38.2. The van der Waals surface area contributed by atoms with Crippen molar-refractivity contribution in [3.05, 3.63) is 64.9 Å². The summed E-state index contributed by atoms with van der Waals surface area (Å²) in [6.07, 6.45) is 6.45. The van der Waals surface area contributed by atoms with Crippen LogP contribution in [0.2, 0.25) is 0 Å². The lowest BCUT2D eigenvalue weighted by Crippen LogP contribution is -2.81. The lowest BCUT2D eigenvalue weighted by molar-refractivity contribution is -0.228. The minimum absolute atomic E-state index is 0.113. The van der Waals surface area contributed by atoms with Gasteiger partial charge in [0.25, 0.3) is 0 Å². The number of aliphatic hydroxyl groups excluding tert-OH is 1. The number of aromatic nitrogens is 1. The molecule has 64 heavy (non-hydrogen) atoms. The second kappa shape index (κ2) is 16.3. The first-order valence-electron chi connectivity index (χ1n) is 22.9. The number of aromatic amines is 1. The van der Waals surface area contributed by atoms with E-state index in [1.54, 1.807) is 18.9 Å². The second-order valence-electron chi connectivity index (χ2n) is 19.3. The number of ether oxygens (including phenoxy) is 4. The van der Waals surface area contributed by atoms with Crippen molar-refractivity contribution in [1.29, 1.82) is 0 Å². The molecule has 6 heterocycles. The van der Waals surface area contributed by atoms with Crippen molar-refractivity contribution in [3.8, 4) is 5.75 Å². The Morgan fingerprint density at radius 2 is 1.75 bits per heavy atom. The highest BCUT2D eigenvalue weighted by Gasteiger charge is 2.80.